The second kappa shape index (κ2) is 4.23. The van der Waals surface area contributed by atoms with Crippen LogP contribution < -0.4 is 5.73 Å². The van der Waals surface area contributed by atoms with Crippen LogP contribution in [-0.2, 0) is 7.05 Å². The first-order chi connectivity index (χ1) is 8.68. The van der Waals surface area contributed by atoms with Crippen molar-refractivity contribution in [3.05, 3.63) is 51.8 Å². The van der Waals surface area contributed by atoms with Crippen LogP contribution in [0.3, 0.4) is 0 Å². The van der Waals surface area contributed by atoms with E-state index in [9.17, 15) is 0 Å². The highest BCUT2D eigenvalue weighted by Gasteiger charge is 2.18. The van der Waals surface area contributed by atoms with E-state index in [2.05, 4.69) is 35.6 Å². The maximum absolute atomic E-state index is 6.37. The van der Waals surface area contributed by atoms with Crippen LogP contribution in [-0.4, -0.2) is 9.78 Å². The minimum atomic E-state index is -0.151. The van der Waals surface area contributed by atoms with Crippen molar-refractivity contribution in [2.75, 3.05) is 0 Å². The van der Waals surface area contributed by atoms with Crippen LogP contribution >= 0.6 is 11.3 Å². The molecule has 3 aromatic rings. The molecular weight excluding hydrogens is 242 g/mol. The average molecular weight is 257 g/mol. The highest BCUT2D eigenvalue weighted by Crippen LogP contribution is 2.29. The average Bonchev–Trinajstić information content (AvgIpc) is 2.94. The van der Waals surface area contributed by atoms with Crippen LogP contribution in [0.1, 0.15) is 22.2 Å². The zero-order valence-corrected chi connectivity index (χ0v) is 11.2. The molecule has 0 spiro atoms. The van der Waals surface area contributed by atoms with Gasteiger partial charge in [0.2, 0.25) is 0 Å². The van der Waals surface area contributed by atoms with E-state index in [0.717, 1.165) is 16.6 Å². The maximum Gasteiger partial charge on any atom is 0.0916 e. The molecule has 0 saturated heterocycles. The van der Waals surface area contributed by atoms with E-state index < -0.39 is 0 Å². The lowest BCUT2D eigenvalue weighted by molar-refractivity contribution is 0.732. The normalized spacial score (nSPS) is 13.1. The molecule has 0 bridgehead atoms. The first-order valence-electron chi connectivity index (χ1n) is 5.89. The molecule has 4 heteroatoms. The molecule has 2 N–H and O–H groups in total. The van der Waals surface area contributed by atoms with E-state index in [0.29, 0.717) is 0 Å². The maximum atomic E-state index is 6.37. The number of fused-ring (bicyclic) bond motifs is 1. The van der Waals surface area contributed by atoms with Gasteiger partial charge in [0.25, 0.3) is 0 Å². The Morgan fingerprint density at radius 2 is 2.06 bits per heavy atom. The van der Waals surface area contributed by atoms with Gasteiger partial charge in [0.1, 0.15) is 0 Å². The Balaban J connectivity index is 2.18. The molecule has 2 aromatic heterocycles. The Morgan fingerprint density at radius 3 is 2.78 bits per heavy atom. The Bertz CT molecular complexity index is 696. The highest BCUT2D eigenvalue weighted by molar-refractivity contribution is 7.10. The van der Waals surface area contributed by atoms with Gasteiger partial charge in [-0.05, 0) is 30.0 Å². The van der Waals surface area contributed by atoms with Gasteiger partial charge in [-0.25, -0.2) is 0 Å². The van der Waals surface area contributed by atoms with Crippen LogP contribution in [0.4, 0.5) is 0 Å². The van der Waals surface area contributed by atoms with Gasteiger partial charge in [0.05, 0.1) is 17.3 Å². The Morgan fingerprint density at radius 1 is 1.28 bits per heavy atom. The monoisotopic (exact) mass is 257 g/mol. The second-order valence-electron chi connectivity index (χ2n) is 4.44. The van der Waals surface area contributed by atoms with Gasteiger partial charge < -0.3 is 5.73 Å². The SMILES string of the molecule is Cc1sccc1C(N)c1nn(C)c2ccccc12. The van der Waals surface area contributed by atoms with E-state index in [1.54, 1.807) is 11.3 Å². The summed E-state index contributed by atoms with van der Waals surface area (Å²) >= 11 is 1.73. The molecular formula is C14H15N3S. The molecule has 92 valence electrons. The number of benzene rings is 1. The molecule has 1 aromatic carbocycles. The quantitative estimate of drug-likeness (QED) is 0.767. The summed E-state index contributed by atoms with van der Waals surface area (Å²) in [5, 5.41) is 7.80. The molecule has 0 aliphatic carbocycles. The van der Waals surface area contributed by atoms with Gasteiger partial charge in [-0.1, -0.05) is 18.2 Å². The fraction of sp³-hybridized carbons (Fsp3) is 0.214. The van der Waals surface area contributed by atoms with Gasteiger partial charge in [-0.15, -0.1) is 11.3 Å². The number of rotatable bonds is 2. The van der Waals surface area contributed by atoms with E-state index in [4.69, 9.17) is 5.73 Å². The van der Waals surface area contributed by atoms with Crippen LogP contribution in [0, 0.1) is 6.92 Å². The predicted octanol–water partition coefficient (Wildman–Crippen LogP) is 2.99. The number of nitrogens with two attached hydrogens (primary N) is 1. The lowest BCUT2D eigenvalue weighted by Gasteiger charge is -2.09. The lowest BCUT2D eigenvalue weighted by atomic mass is 10.0. The first-order valence-corrected chi connectivity index (χ1v) is 6.77. The minimum absolute atomic E-state index is 0.151. The molecule has 1 unspecified atom stereocenters. The summed E-state index contributed by atoms with van der Waals surface area (Å²) in [6, 6.07) is 10.1. The highest BCUT2D eigenvalue weighted by atomic mass is 32.1. The molecule has 0 aliphatic rings. The van der Waals surface area contributed by atoms with Crippen molar-refractivity contribution >= 4 is 22.2 Å². The standard InChI is InChI=1S/C14H15N3S/c1-9-10(7-8-18-9)13(15)14-11-5-3-4-6-12(11)17(2)16-14/h3-8,13H,15H2,1-2H3. The van der Waals surface area contributed by atoms with Crippen LogP contribution in [0.5, 0.6) is 0 Å². The van der Waals surface area contributed by atoms with E-state index in [1.165, 1.54) is 10.4 Å². The van der Waals surface area contributed by atoms with Gasteiger partial charge in [0, 0.05) is 17.3 Å². The number of thiophene rings is 1. The molecule has 0 fully saturated rings. The molecule has 0 aliphatic heterocycles. The Labute approximate surface area is 110 Å². The zero-order valence-electron chi connectivity index (χ0n) is 10.4. The Kier molecular flexibility index (Phi) is 2.69. The third-order valence-electron chi connectivity index (χ3n) is 3.31. The largest absolute Gasteiger partial charge is 0.319 e. The fourth-order valence-electron chi connectivity index (χ4n) is 2.34. The number of hydrogen-bond acceptors (Lipinski definition) is 3. The molecule has 0 amide bonds. The predicted molar refractivity (Wildman–Crippen MR) is 75.8 cm³/mol. The van der Waals surface area contributed by atoms with Gasteiger partial charge >= 0.3 is 0 Å². The summed E-state index contributed by atoms with van der Waals surface area (Å²) in [6.45, 7) is 2.10. The topological polar surface area (TPSA) is 43.8 Å². The summed E-state index contributed by atoms with van der Waals surface area (Å²) in [7, 11) is 1.96. The van der Waals surface area contributed by atoms with E-state index in [1.807, 2.05) is 23.9 Å². The van der Waals surface area contributed by atoms with E-state index in [-0.39, 0.29) is 6.04 Å². The molecule has 0 saturated carbocycles. The molecule has 0 radical (unpaired) electrons. The number of aromatic nitrogens is 2. The summed E-state index contributed by atoms with van der Waals surface area (Å²) in [5.74, 6) is 0. The Hall–Kier alpha value is -1.65. The number of aryl methyl sites for hydroxylation is 2. The van der Waals surface area contributed by atoms with Crippen molar-refractivity contribution in [3.8, 4) is 0 Å². The number of para-hydroxylation sites is 1. The number of hydrogen-bond donors (Lipinski definition) is 1. The van der Waals surface area contributed by atoms with Crippen molar-refractivity contribution in [1.82, 2.24) is 9.78 Å². The van der Waals surface area contributed by atoms with Crippen molar-refractivity contribution in [2.45, 2.75) is 13.0 Å². The van der Waals surface area contributed by atoms with Gasteiger partial charge in [-0.2, -0.15) is 5.10 Å². The summed E-state index contributed by atoms with van der Waals surface area (Å²) in [5.41, 5.74) is 9.62. The van der Waals surface area contributed by atoms with Gasteiger partial charge in [-0.3, -0.25) is 4.68 Å². The third kappa shape index (κ3) is 1.65. The molecule has 1 atom stereocenters. The van der Waals surface area contributed by atoms with Crippen molar-refractivity contribution < 1.29 is 0 Å². The summed E-state index contributed by atoms with van der Waals surface area (Å²) in [4.78, 5) is 1.26. The van der Waals surface area contributed by atoms with Crippen molar-refractivity contribution in [3.63, 3.8) is 0 Å². The van der Waals surface area contributed by atoms with Gasteiger partial charge in [0.15, 0.2) is 0 Å². The molecule has 2 heterocycles. The summed E-state index contributed by atoms with van der Waals surface area (Å²) in [6.07, 6.45) is 0. The second-order valence-corrected chi connectivity index (χ2v) is 5.56. The molecule has 3 rings (SSSR count). The minimum Gasteiger partial charge on any atom is -0.319 e. The molecule has 18 heavy (non-hydrogen) atoms. The molecule has 3 nitrogen and oxygen atoms in total. The fourth-order valence-corrected chi connectivity index (χ4v) is 3.09. The third-order valence-corrected chi connectivity index (χ3v) is 4.18. The summed E-state index contributed by atoms with van der Waals surface area (Å²) < 4.78 is 1.90. The zero-order chi connectivity index (χ0) is 12.7. The van der Waals surface area contributed by atoms with E-state index >= 15 is 0 Å². The van der Waals surface area contributed by atoms with Crippen LogP contribution in [0.2, 0.25) is 0 Å². The van der Waals surface area contributed by atoms with Crippen LogP contribution in [0.15, 0.2) is 35.7 Å². The van der Waals surface area contributed by atoms with Crippen LogP contribution in [0.25, 0.3) is 10.9 Å². The lowest BCUT2D eigenvalue weighted by Crippen LogP contribution is -2.13. The number of nitrogens with zero attached hydrogens (tertiary/aromatic N) is 2. The van der Waals surface area contributed by atoms with Crippen molar-refractivity contribution in [2.24, 2.45) is 12.8 Å². The smallest absolute Gasteiger partial charge is 0.0916 e. The first kappa shape index (κ1) is 11.4. The van der Waals surface area contributed by atoms with Crippen molar-refractivity contribution in [1.29, 1.82) is 0 Å².